The summed E-state index contributed by atoms with van der Waals surface area (Å²) in [5.41, 5.74) is 4.53. The number of rotatable bonds is 5. The molecule has 3 heteroatoms. The molecule has 1 atom stereocenters. The van der Waals surface area contributed by atoms with Gasteiger partial charge < -0.3 is 5.32 Å². The largest absolute Gasteiger partial charge is 0.310 e. The standard InChI is InChI=1S/C17H23N3/c1-5-9-18-13(3)16-11-19-17(20-14(16)4)15-8-6-7-12(2)10-15/h6-8,10-11,13,18H,5,9H2,1-4H3. The third kappa shape index (κ3) is 3.42. The van der Waals surface area contributed by atoms with Crippen LogP contribution in [-0.4, -0.2) is 16.5 Å². The van der Waals surface area contributed by atoms with E-state index in [1.165, 1.54) is 11.1 Å². The lowest BCUT2D eigenvalue weighted by atomic mass is 10.1. The van der Waals surface area contributed by atoms with Gasteiger partial charge in [0.05, 0.1) is 0 Å². The Bertz CT molecular complexity index is 578. The summed E-state index contributed by atoms with van der Waals surface area (Å²) in [6.45, 7) is 9.49. The molecule has 0 aliphatic carbocycles. The zero-order valence-corrected chi connectivity index (χ0v) is 12.8. The lowest BCUT2D eigenvalue weighted by Crippen LogP contribution is -2.20. The van der Waals surface area contributed by atoms with Gasteiger partial charge in [0.1, 0.15) is 0 Å². The van der Waals surface area contributed by atoms with Gasteiger partial charge in [0.15, 0.2) is 5.82 Å². The first-order valence-corrected chi connectivity index (χ1v) is 7.25. The number of benzene rings is 1. The number of nitrogens with zero attached hydrogens (tertiary/aromatic N) is 2. The topological polar surface area (TPSA) is 37.8 Å². The second-order valence-electron chi connectivity index (χ2n) is 5.28. The number of aryl methyl sites for hydroxylation is 2. The summed E-state index contributed by atoms with van der Waals surface area (Å²) in [7, 11) is 0. The Balaban J connectivity index is 2.25. The van der Waals surface area contributed by atoms with Crippen molar-refractivity contribution >= 4 is 0 Å². The number of hydrogen-bond donors (Lipinski definition) is 1. The van der Waals surface area contributed by atoms with Gasteiger partial charge in [-0.2, -0.15) is 0 Å². The molecule has 0 aliphatic rings. The van der Waals surface area contributed by atoms with Crippen LogP contribution in [0, 0.1) is 13.8 Å². The van der Waals surface area contributed by atoms with E-state index in [1.807, 2.05) is 12.3 Å². The Kier molecular flexibility index (Phi) is 4.85. The first kappa shape index (κ1) is 14.7. The van der Waals surface area contributed by atoms with E-state index in [0.29, 0.717) is 6.04 Å². The van der Waals surface area contributed by atoms with Crippen LogP contribution < -0.4 is 5.32 Å². The van der Waals surface area contributed by atoms with E-state index >= 15 is 0 Å². The summed E-state index contributed by atoms with van der Waals surface area (Å²) in [5.74, 6) is 0.803. The second-order valence-corrected chi connectivity index (χ2v) is 5.28. The highest BCUT2D eigenvalue weighted by Crippen LogP contribution is 2.20. The average Bonchev–Trinajstić information content (AvgIpc) is 2.44. The molecular formula is C17H23N3. The Morgan fingerprint density at radius 2 is 2.05 bits per heavy atom. The Morgan fingerprint density at radius 3 is 2.70 bits per heavy atom. The van der Waals surface area contributed by atoms with Crippen molar-refractivity contribution in [2.75, 3.05) is 6.54 Å². The lowest BCUT2D eigenvalue weighted by Gasteiger charge is -2.15. The van der Waals surface area contributed by atoms with E-state index in [0.717, 1.165) is 30.0 Å². The third-order valence-corrected chi connectivity index (χ3v) is 3.46. The van der Waals surface area contributed by atoms with Crippen LogP contribution in [0.25, 0.3) is 11.4 Å². The third-order valence-electron chi connectivity index (χ3n) is 3.46. The molecule has 0 spiro atoms. The average molecular weight is 269 g/mol. The molecule has 0 saturated heterocycles. The van der Waals surface area contributed by atoms with E-state index in [1.54, 1.807) is 0 Å². The summed E-state index contributed by atoms with van der Waals surface area (Å²) in [6.07, 6.45) is 3.08. The van der Waals surface area contributed by atoms with Crippen LogP contribution in [0.5, 0.6) is 0 Å². The second kappa shape index (κ2) is 6.62. The summed E-state index contributed by atoms with van der Waals surface area (Å²) in [5, 5.41) is 3.48. The van der Waals surface area contributed by atoms with Crippen molar-refractivity contribution in [2.24, 2.45) is 0 Å². The Morgan fingerprint density at radius 1 is 1.25 bits per heavy atom. The smallest absolute Gasteiger partial charge is 0.159 e. The zero-order chi connectivity index (χ0) is 14.5. The van der Waals surface area contributed by atoms with Crippen LogP contribution in [0.3, 0.4) is 0 Å². The molecule has 20 heavy (non-hydrogen) atoms. The maximum Gasteiger partial charge on any atom is 0.159 e. The Hall–Kier alpha value is -1.74. The minimum atomic E-state index is 0.293. The zero-order valence-electron chi connectivity index (χ0n) is 12.8. The van der Waals surface area contributed by atoms with E-state index < -0.39 is 0 Å². The summed E-state index contributed by atoms with van der Waals surface area (Å²) in [4.78, 5) is 9.19. The van der Waals surface area contributed by atoms with Gasteiger partial charge in [-0.25, -0.2) is 9.97 Å². The molecular weight excluding hydrogens is 246 g/mol. The molecule has 0 bridgehead atoms. The van der Waals surface area contributed by atoms with Crippen molar-refractivity contribution in [1.82, 2.24) is 15.3 Å². The van der Waals surface area contributed by atoms with E-state index in [2.05, 4.69) is 61.2 Å². The predicted octanol–water partition coefficient (Wildman–Crippen LogP) is 3.82. The highest BCUT2D eigenvalue weighted by atomic mass is 14.9. The normalized spacial score (nSPS) is 12.4. The molecule has 2 aromatic rings. The van der Waals surface area contributed by atoms with Crippen molar-refractivity contribution in [3.05, 3.63) is 47.3 Å². The fraction of sp³-hybridized carbons (Fsp3) is 0.412. The number of aromatic nitrogens is 2. The fourth-order valence-corrected chi connectivity index (χ4v) is 2.30. The number of hydrogen-bond acceptors (Lipinski definition) is 3. The van der Waals surface area contributed by atoms with Crippen LogP contribution in [-0.2, 0) is 0 Å². The van der Waals surface area contributed by atoms with Crippen molar-refractivity contribution < 1.29 is 0 Å². The van der Waals surface area contributed by atoms with Gasteiger partial charge in [0, 0.05) is 29.1 Å². The molecule has 1 unspecified atom stereocenters. The van der Waals surface area contributed by atoms with E-state index in [-0.39, 0.29) is 0 Å². The quantitative estimate of drug-likeness (QED) is 0.896. The Labute approximate surface area is 121 Å². The molecule has 0 saturated carbocycles. The van der Waals surface area contributed by atoms with Crippen LogP contribution in [0.4, 0.5) is 0 Å². The van der Waals surface area contributed by atoms with Gasteiger partial charge in [0.2, 0.25) is 0 Å². The summed E-state index contributed by atoms with van der Waals surface area (Å²) >= 11 is 0. The van der Waals surface area contributed by atoms with Gasteiger partial charge in [-0.1, -0.05) is 30.7 Å². The maximum absolute atomic E-state index is 4.66. The van der Waals surface area contributed by atoms with E-state index in [4.69, 9.17) is 0 Å². The molecule has 0 fully saturated rings. The lowest BCUT2D eigenvalue weighted by molar-refractivity contribution is 0.564. The van der Waals surface area contributed by atoms with Crippen LogP contribution in [0.15, 0.2) is 30.5 Å². The molecule has 1 heterocycles. The fourth-order valence-electron chi connectivity index (χ4n) is 2.30. The highest BCUT2D eigenvalue weighted by molar-refractivity contribution is 5.56. The van der Waals surface area contributed by atoms with Crippen molar-refractivity contribution in [2.45, 2.75) is 40.2 Å². The predicted molar refractivity (Wildman–Crippen MR) is 83.7 cm³/mol. The van der Waals surface area contributed by atoms with Crippen LogP contribution in [0.2, 0.25) is 0 Å². The monoisotopic (exact) mass is 269 g/mol. The first-order valence-electron chi connectivity index (χ1n) is 7.25. The molecule has 106 valence electrons. The highest BCUT2D eigenvalue weighted by Gasteiger charge is 2.11. The molecule has 3 nitrogen and oxygen atoms in total. The SMILES string of the molecule is CCCNC(C)c1cnc(-c2cccc(C)c2)nc1C. The molecule has 1 aromatic heterocycles. The molecule has 2 rings (SSSR count). The van der Waals surface area contributed by atoms with Gasteiger partial charge in [0.25, 0.3) is 0 Å². The van der Waals surface area contributed by atoms with Gasteiger partial charge in [-0.05, 0) is 39.8 Å². The molecule has 0 radical (unpaired) electrons. The summed E-state index contributed by atoms with van der Waals surface area (Å²) in [6, 6.07) is 8.60. The van der Waals surface area contributed by atoms with Crippen molar-refractivity contribution in [3.8, 4) is 11.4 Å². The van der Waals surface area contributed by atoms with Crippen molar-refractivity contribution in [3.63, 3.8) is 0 Å². The van der Waals surface area contributed by atoms with Crippen LogP contribution >= 0.6 is 0 Å². The van der Waals surface area contributed by atoms with Crippen LogP contribution in [0.1, 0.15) is 43.1 Å². The molecule has 0 amide bonds. The molecule has 1 N–H and O–H groups in total. The molecule has 0 aliphatic heterocycles. The van der Waals surface area contributed by atoms with E-state index in [9.17, 15) is 0 Å². The number of nitrogens with one attached hydrogen (secondary N) is 1. The maximum atomic E-state index is 4.66. The molecule has 1 aromatic carbocycles. The first-order chi connectivity index (χ1) is 9.61. The minimum Gasteiger partial charge on any atom is -0.310 e. The summed E-state index contributed by atoms with van der Waals surface area (Å²) < 4.78 is 0. The minimum absolute atomic E-state index is 0.293. The van der Waals surface area contributed by atoms with Gasteiger partial charge in [-0.15, -0.1) is 0 Å². The van der Waals surface area contributed by atoms with Crippen molar-refractivity contribution in [1.29, 1.82) is 0 Å². The van der Waals surface area contributed by atoms with Gasteiger partial charge >= 0.3 is 0 Å². The van der Waals surface area contributed by atoms with Gasteiger partial charge in [-0.3, -0.25) is 0 Å².